The summed E-state index contributed by atoms with van der Waals surface area (Å²) in [5, 5.41) is 5.75. The SMILES string of the molecule is Cn1c(NN=Cc2ccc3ccccc3n2)nc2c1c(=O)n(Cc1ccccc1Cl)c(=O)n2C. The molecule has 0 atom stereocenters. The van der Waals surface area contributed by atoms with E-state index >= 15 is 0 Å². The number of aromatic nitrogens is 5. The van der Waals surface area contributed by atoms with Crippen LogP contribution in [0.3, 0.4) is 0 Å². The van der Waals surface area contributed by atoms with E-state index in [1.165, 1.54) is 4.57 Å². The van der Waals surface area contributed by atoms with Gasteiger partial charge in [-0.2, -0.15) is 10.1 Å². The Balaban J connectivity index is 1.50. The Labute approximate surface area is 198 Å². The maximum absolute atomic E-state index is 13.2. The molecule has 0 radical (unpaired) electrons. The van der Waals surface area contributed by atoms with Crippen LogP contribution >= 0.6 is 11.6 Å². The van der Waals surface area contributed by atoms with Gasteiger partial charge in [0.15, 0.2) is 11.2 Å². The summed E-state index contributed by atoms with van der Waals surface area (Å²) in [6.07, 6.45) is 1.57. The lowest BCUT2D eigenvalue weighted by atomic mass is 10.2. The summed E-state index contributed by atoms with van der Waals surface area (Å²) in [6, 6.07) is 18.7. The fraction of sp³-hybridized carbons (Fsp3) is 0.125. The minimum absolute atomic E-state index is 0.0564. The number of aryl methyl sites for hydroxylation is 2. The summed E-state index contributed by atoms with van der Waals surface area (Å²) in [4.78, 5) is 35.1. The van der Waals surface area contributed by atoms with E-state index in [1.807, 2.05) is 42.5 Å². The molecular formula is C24H20ClN7O2. The van der Waals surface area contributed by atoms with Crippen molar-refractivity contribution in [2.75, 3.05) is 5.43 Å². The van der Waals surface area contributed by atoms with E-state index in [9.17, 15) is 9.59 Å². The van der Waals surface area contributed by atoms with Crippen LogP contribution in [0.5, 0.6) is 0 Å². The molecule has 0 bridgehead atoms. The molecule has 5 rings (SSSR count). The van der Waals surface area contributed by atoms with Gasteiger partial charge in [0.2, 0.25) is 5.95 Å². The lowest BCUT2D eigenvalue weighted by Gasteiger charge is -2.09. The number of pyridine rings is 1. The van der Waals surface area contributed by atoms with Crippen LogP contribution < -0.4 is 16.7 Å². The van der Waals surface area contributed by atoms with Gasteiger partial charge in [0.05, 0.1) is 24.0 Å². The molecular weight excluding hydrogens is 454 g/mol. The summed E-state index contributed by atoms with van der Waals surface area (Å²) < 4.78 is 4.07. The van der Waals surface area contributed by atoms with Crippen LogP contribution in [0.2, 0.25) is 5.02 Å². The van der Waals surface area contributed by atoms with Gasteiger partial charge in [-0.15, -0.1) is 0 Å². The Morgan fingerprint density at radius 1 is 0.971 bits per heavy atom. The Kier molecular flexibility index (Phi) is 5.46. The number of fused-ring (bicyclic) bond motifs is 2. The highest BCUT2D eigenvalue weighted by atomic mass is 35.5. The van der Waals surface area contributed by atoms with Gasteiger partial charge in [0, 0.05) is 24.5 Å². The third kappa shape index (κ3) is 3.75. The molecule has 10 heteroatoms. The Hall–Kier alpha value is -4.24. The smallest absolute Gasteiger partial charge is 0.306 e. The lowest BCUT2D eigenvalue weighted by Crippen LogP contribution is -2.39. The standard InChI is InChI=1S/C24H20ClN7O2/c1-30-20-21(31(2)24(34)32(22(20)33)14-16-8-3-5-9-18(16)25)28-23(30)29-26-13-17-12-11-15-7-4-6-10-19(15)27-17/h3-13H,14H2,1-2H3,(H,28,29). The van der Waals surface area contributed by atoms with Crippen LogP contribution in [0.15, 0.2) is 75.4 Å². The molecule has 0 fully saturated rings. The minimum atomic E-state index is -0.481. The van der Waals surface area contributed by atoms with E-state index in [4.69, 9.17) is 11.6 Å². The van der Waals surface area contributed by atoms with Gasteiger partial charge in [-0.25, -0.2) is 15.2 Å². The molecule has 34 heavy (non-hydrogen) atoms. The second-order valence-electron chi connectivity index (χ2n) is 7.79. The number of halogens is 1. The topological polar surface area (TPSA) is 99.1 Å². The number of benzene rings is 2. The average Bonchev–Trinajstić information content (AvgIpc) is 3.18. The first kappa shape index (κ1) is 21.6. The van der Waals surface area contributed by atoms with Crippen molar-refractivity contribution in [3.8, 4) is 0 Å². The highest BCUT2D eigenvalue weighted by molar-refractivity contribution is 6.31. The molecule has 5 aromatic rings. The fourth-order valence-electron chi connectivity index (χ4n) is 3.79. The summed E-state index contributed by atoms with van der Waals surface area (Å²) in [5.41, 5.74) is 4.65. The predicted octanol–water partition coefficient (Wildman–Crippen LogP) is 3.13. The largest absolute Gasteiger partial charge is 0.332 e. The summed E-state index contributed by atoms with van der Waals surface area (Å²) in [6.45, 7) is 0.0564. The van der Waals surface area contributed by atoms with E-state index in [0.717, 1.165) is 15.5 Å². The van der Waals surface area contributed by atoms with Crippen molar-refractivity contribution in [3.63, 3.8) is 0 Å². The van der Waals surface area contributed by atoms with Gasteiger partial charge in [-0.3, -0.25) is 13.9 Å². The zero-order chi connectivity index (χ0) is 23.8. The quantitative estimate of drug-likeness (QED) is 0.312. The molecule has 3 heterocycles. The monoisotopic (exact) mass is 473 g/mol. The van der Waals surface area contributed by atoms with Gasteiger partial charge in [0.25, 0.3) is 5.56 Å². The highest BCUT2D eigenvalue weighted by Gasteiger charge is 2.19. The Morgan fingerprint density at radius 2 is 1.74 bits per heavy atom. The van der Waals surface area contributed by atoms with Gasteiger partial charge < -0.3 is 4.57 Å². The van der Waals surface area contributed by atoms with E-state index in [0.29, 0.717) is 22.2 Å². The maximum Gasteiger partial charge on any atom is 0.332 e. The van der Waals surface area contributed by atoms with Crippen molar-refractivity contribution in [2.45, 2.75) is 6.54 Å². The van der Waals surface area contributed by atoms with E-state index in [-0.39, 0.29) is 17.7 Å². The second kappa shape index (κ2) is 8.60. The molecule has 0 aliphatic heterocycles. The number of para-hydroxylation sites is 1. The number of hydrogen-bond acceptors (Lipinski definition) is 6. The van der Waals surface area contributed by atoms with Crippen LogP contribution in [-0.4, -0.2) is 29.9 Å². The first-order valence-corrected chi connectivity index (χ1v) is 10.9. The van der Waals surface area contributed by atoms with Crippen LogP contribution in [0, 0.1) is 0 Å². The molecule has 0 spiro atoms. The van der Waals surface area contributed by atoms with Crippen LogP contribution in [-0.2, 0) is 20.6 Å². The Morgan fingerprint density at radius 3 is 2.56 bits per heavy atom. The first-order valence-electron chi connectivity index (χ1n) is 10.5. The predicted molar refractivity (Wildman–Crippen MR) is 134 cm³/mol. The lowest BCUT2D eigenvalue weighted by molar-refractivity contribution is 0.655. The second-order valence-corrected chi connectivity index (χ2v) is 8.20. The summed E-state index contributed by atoms with van der Waals surface area (Å²) >= 11 is 6.24. The van der Waals surface area contributed by atoms with Crippen molar-refractivity contribution in [2.24, 2.45) is 19.2 Å². The molecule has 3 aromatic heterocycles. The number of rotatable bonds is 5. The summed E-state index contributed by atoms with van der Waals surface area (Å²) in [7, 11) is 3.26. The minimum Gasteiger partial charge on any atom is -0.306 e. The molecule has 1 N–H and O–H groups in total. The maximum atomic E-state index is 13.2. The number of hydrogen-bond donors (Lipinski definition) is 1. The van der Waals surface area contributed by atoms with Gasteiger partial charge in [0.1, 0.15) is 0 Å². The molecule has 0 amide bonds. The zero-order valence-electron chi connectivity index (χ0n) is 18.4. The van der Waals surface area contributed by atoms with Crippen LogP contribution in [0.4, 0.5) is 5.95 Å². The van der Waals surface area contributed by atoms with Crippen molar-refractivity contribution in [1.82, 2.24) is 23.7 Å². The number of imidazole rings is 1. The van der Waals surface area contributed by atoms with E-state index in [2.05, 4.69) is 20.5 Å². The number of anilines is 1. The third-order valence-corrected chi connectivity index (χ3v) is 6.00. The van der Waals surface area contributed by atoms with E-state index in [1.54, 1.807) is 43.1 Å². The van der Waals surface area contributed by atoms with Crippen molar-refractivity contribution >= 4 is 45.8 Å². The van der Waals surface area contributed by atoms with Crippen molar-refractivity contribution < 1.29 is 0 Å². The first-order chi connectivity index (χ1) is 16.4. The van der Waals surface area contributed by atoms with Crippen LogP contribution in [0.25, 0.3) is 22.1 Å². The fourth-order valence-corrected chi connectivity index (χ4v) is 3.99. The van der Waals surface area contributed by atoms with E-state index < -0.39 is 11.2 Å². The zero-order valence-corrected chi connectivity index (χ0v) is 19.2. The molecule has 0 saturated heterocycles. The third-order valence-electron chi connectivity index (χ3n) is 5.63. The molecule has 2 aromatic carbocycles. The molecule has 0 saturated carbocycles. The molecule has 9 nitrogen and oxygen atoms in total. The number of nitrogens with one attached hydrogen (secondary N) is 1. The van der Waals surface area contributed by atoms with Gasteiger partial charge >= 0.3 is 5.69 Å². The van der Waals surface area contributed by atoms with Gasteiger partial charge in [-0.05, 0) is 23.8 Å². The summed E-state index contributed by atoms with van der Waals surface area (Å²) in [5.74, 6) is 0.314. The normalized spacial score (nSPS) is 11.6. The average molecular weight is 474 g/mol. The van der Waals surface area contributed by atoms with Crippen molar-refractivity contribution in [1.29, 1.82) is 0 Å². The molecule has 0 aliphatic rings. The molecule has 0 unspecified atom stereocenters. The van der Waals surface area contributed by atoms with Crippen LogP contribution in [0.1, 0.15) is 11.3 Å². The number of nitrogens with zero attached hydrogens (tertiary/aromatic N) is 6. The van der Waals surface area contributed by atoms with Gasteiger partial charge in [-0.1, -0.05) is 54.1 Å². The van der Waals surface area contributed by atoms with Crippen molar-refractivity contribution in [3.05, 3.63) is 97.8 Å². The Bertz CT molecular complexity index is 1700. The number of hydrazone groups is 1. The highest BCUT2D eigenvalue weighted by Crippen LogP contribution is 2.17. The molecule has 170 valence electrons. The molecule has 0 aliphatic carbocycles.